The predicted molar refractivity (Wildman–Crippen MR) is 113 cm³/mol. The third-order valence-electron chi connectivity index (χ3n) is 5.49. The van der Waals surface area contributed by atoms with Crippen molar-refractivity contribution < 1.29 is 21.4 Å². The van der Waals surface area contributed by atoms with Crippen molar-refractivity contribution >= 4 is 22.0 Å². The number of H-pyrrole nitrogens is 1. The van der Waals surface area contributed by atoms with Crippen LogP contribution in [0.3, 0.4) is 0 Å². The van der Waals surface area contributed by atoms with Gasteiger partial charge in [0.05, 0.1) is 31.2 Å². The molecule has 0 bridgehead atoms. The van der Waals surface area contributed by atoms with Gasteiger partial charge in [0.15, 0.2) is 11.6 Å². The van der Waals surface area contributed by atoms with Crippen LogP contribution in [-0.4, -0.2) is 59.8 Å². The van der Waals surface area contributed by atoms with E-state index in [1.807, 2.05) is 4.90 Å². The lowest BCUT2D eigenvalue weighted by atomic mass is 10.1. The Labute approximate surface area is 183 Å². The average Bonchev–Trinajstić information content (AvgIpc) is 3.31. The van der Waals surface area contributed by atoms with Gasteiger partial charge in [0.2, 0.25) is 11.9 Å². The van der Waals surface area contributed by atoms with Crippen molar-refractivity contribution in [2.45, 2.75) is 25.0 Å². The Bertz CT molecular complexity index is 1230. The van der Waals surface area contributed by atoms with E-state index in [-0.39, 0.29) is 12.1 Å². The smallest absolute Gasteiger partial charge is 0.264 e. The van der Waals surface area contributed by atoms with Crippen LogP contribution in [0.15, 0.2) is 30.7 Å². The summed E-state index contributed by atoms with van der Waals surface area (Å²) >= 11 is 0. The Morgan fingerprint density at radius 3 is 2.28 bits per heavy atom. The lowest BCUT2D eigenvalue weighted by molar-refractivity contribution is 0.175. The largest absolute Gasteiger partial charge is 0.351 e. The summed E-state index contributed by atoms with van der Waals surface area (Å²) in [5.74, 6) is -0.629. The van der Waals surface area contributed by atoms with Crippen LogP contribution in [0, 0.1) is 11.6 Å². The van der Waals surface area contributed by atoms with Crippen molar-refractivity contribution in [1.82, 2.24) is 19.9 Å². The third kappa shape index (κ3) is 4.28. The summed E-state index contributed by atoms with van der Waals surface area (Å²) in [4.78, 5) is 18.0. The molecule has 2 N–H and O–H groups in total. The number of anilines is 2. The van der Waals surface area contributed by atoms with Gasteiger partial charge in [-0.05, 0) is 36.1 Å². The van der Waals surface area contributed by atoms with Crippen molar-refractivity contribution in [2.24, 2.45) is 0 Å². The molecule has 12 heteroatoms. The van der Waals surface area contributed by atoms with Crippen LogP contribution in [0.1, 0.15) is 11.1 Å². The molecule has 3 heterocycles. The van der Waals surface area contributed by atoms with Crippen LogP contribution in [0.5, 0.6) is 0 Å². The van der Waals surface area contributed by atoms with Crippen molar-refractivity contribution in [1.29, 1.82) is 0 Å². The van der Waals surface area contributed by atoms with Gasteiger partial charge in [-0.2, -0.15) is 8.42 Å². The highest BCUT2D eigenvalue weighted by molar-refractivity contribution is 7.86. The predicted octanol–water partition coefficient (Wildman–Crippen LogP) is 1.89. The molecule has 2 aliphatic rings. The van der Waals surface area contributed by atoms with Gasteiger partial charge in [-0.25, -0.2) is 23.7 Å². The van der Waals surface area contributed by atoms with Crippen molar-refractivity contribution in [3.05, 3.63) is 53.5 Å². The van der Waals surface area contributed by atoms with E-state index in [0.717, 1.165) is 28.6 Å². The van der Waals surface area contributed by atoms with E-state index in [2.05, 4.69) is 25.3 Å². The Morgan fingerprint density at radius 1 is 1.06 bits per heavy atom. The standard InChI is InChI=1S/C20H20F2N6O3S/c1-32(29,30)31-15-9-28(10-15)20-25-8-18(27-20)13-6-23-19(24-7-13)26-14-2-11-4-16(21)17(22)5-12(11)3-14/h4-8,14-15H,2-3,9-10H2,1H3,(H,25,27)(H,23,24,26). The second-order valence-corrected chi connectivity index (χ2v) is 9.63. The lowest BCUT2D eigenvalue weighted by Gasteiger charge is -2.37. The topological polar surface area (TPSA) is 113 Å². The Morgan fingerprint density at radius 2 is 1.69 bits per heavy atom. The molecule has 0 radical (unpaired) electrons. The van der Waals surface area contributed by atoms with Gasteiger partial charge in [-0.15, -0.1) is 0 Å². The van der Waals surface area contributed by atoms with E-state index in [1.165, 1.54) is 12.1 Å². The van der Waals surface area contributed by atoms with Crippen LogP contribution >= 0.6 is 0 Å². The summed E-state index contributed by atoms with van der Waals surface area (Å²) in [7, 11) is -3.47. The van der Waals surface area contributed by atoms with E-state index in [4.69, 9.17) is 4.18 Å². The molecule has 3 aromatic rings. The average molecular weight is 462 g/mol. The minimum Gasteiger partial charge on any atom is -0.351 e. The molecule has 1 aliphatic heterocycles. The fourth-order valence-electron chi connectivity index (χ4n) is 3.98. The first-order valence-corrected chi connectivity index (χ1v) is 11.8. The van der Waals surface area contributed by atoms with Crippen molar-refractivity contribution in [2.75, 3.05) is 29.6 Å². The summed E-state index contributed by atoms with van der Waals surface area (Å²) < 4.78 is 54.2. The zero-order chi connectivity index (χ0) is 22.5. The molecule has 168 valence electrons. The van der Waals surface area contributed by atoms with Gasteiger partial charge in [-0.3, -0.25) is 4.18 Å². The number of fused-ring (bicyclic) bond motifs is 1. The fourth-order valence-corrected chi connectivity index (χ4v) is 4.59. The molecule has 1 aliphatic carbocycles. The van der Waals surface area contributed by atoms with Crippen LogP contribution in [0.4, 0.5) is 20.7 Å². The minimum atomic E-state index is -3.47. The highest BCUT2D eigenvalue weighted by Gasteiger charge is 2.32. The summed E-state index contributed by atoms with van der Waals surface area (Å²) in [5.41, 5.74) is 3.03. The minimum absolute atomic E-state index is 0.0377. The van der Waals surface area contributed by atoms with Gasteiger partial charge in [0.1, 0.15) is 6.10 Å². The highest BCUT2D eigenvalue weighted by atomic mass is 32.2. The second-order valence-electron chi connectivity index (χ2n) is 8.03. The van der Waals surface area contributed by atoms with Gasteiger partial charge in [0.25, 0.3) is 10.1 Å². The molecule has 1 saturated heterocycles. The molecule has 32 heavy (non-hydrogen) atoms. The Kier molecular flexibility index (Phi) is 5.05. The zero-order valence-corrected chi connectivity index (χ0v) is 17.9. The molecular formula is C20H20F2N6O3S. The highest BCUT2D eigenvalue weighted by Crippen LogP contribution is 2.27. The van der Waals surface area contributed by atoms with Crippen molar-refractivity contribution in [3.8, 4) is 11.3 Å². The normalized spacial score (nSPS) is 16.8. The van der Waals surface area contributed by atoms with E-state index in [0.29, 0.717) is 37.8 Å². The zero-order valence-electron chi connectivity index (χ0n) is 17.0. The monoisotopic (exact) mass is 462 g/mol. The maximum atomic E-state index is 13.4. The second kappa shape index (κ2) is 7.78. The number of imidazole rings is 1. The van der Waals surface area contributed by atoms with E-state index in [1.54, 1.807) is 18.6 Å². The molecule has 1 fully saturated rings. The first-order valence-electron chi connectivity index (χ1n) is 9.97. The summed E-state index contributed by atoms with van der Waals surface area (Å²) in [6.07, 6.45) is 6.76. The summed E-state index contributed by atoms with van der Waals surface area (Å²) in [6, 6.07) is 2.46. The van der Waals surface area contributed by atoms with Crippen LogP contribution in [0.25, 0.3) is 11.3 Å². The number of nitrogens with zero attached hydrogens (tertiary/aromatic N) is 4. The lowest BCUT2D eigenvalue weighted by Crippen LogP contribution is -2.53. The quantitative estimate of drug-likeness (QED) is 0.534. The molecule has 9 nitrogen and oxygen atoms in total. The maximum Gasteiger partial charge on any atom is 0.264 e. The molecule has 0 unspecified atom stereocenters. The number of benzene rings is 1. The molecule has 0 spiro atoms. The Balaban J connectivity index is 1.19. The van der Waals surface area contributed by atoms with Gasteiger partial charge >= 0.3 is 0 Å². The molecular weight excluding hydrogens is 442 g/mol. The van der Waals surface area contributed by atoms with Crippen LogP contribution in [0.2, 0.25) is 0 Å². The number of rotatable bonds is 6. The van der Waals surface area contributed by atoms with Gasteiger partial charge in [0, 0.05) is 24.0 Å². The molecule has 5 rings (SSSR count). The third-order valence-corrected chi connectivity index (χ3v) is 6.11. The number of hydrogen-bond acceptors (Lipinski definition) is 8. The number of aromatic nitrogens is 4. The van der Waals surface area contributed by atoms with Crippen LogP contribution < -0.4 is 10.2 Å². The first kappa shape index (κ1) is 20.8. The van der Waals surface area contributed by atoms with E-state index >= 15 is 0 Å². The van der Waals surface area contributed by atoms with Gasteiger partial charge in [-0.1, -0.05) is 0 Å². The number of aromatic amines is 1. The summed E-state index contributed by atoms with van der Waals surface area (Å²) in [5, 5.41) is 3.21. The van der Waals surface area contributed by atoms with Crippen molar-refractivity contribution in [3.63, 3.8) is 0 Å². The molecule has 0 amide bonds. The molecule has 1 aromatic carbocycles. The number of hydrogen-bond donors (Lipinski definition) is 2. The molecule has 0 atom stereocenters. The number of nitrogens with one attached hydrogen (secondary N) is 2. The van der Waals surface area contributed by atoms with Crippen LogP contribution in [-0.2, 0) is 27.1 Å². The first-order chi connectivity index (χ1) is 15.2. The van der Waals surface area contributed by atoms with E-state index in [9.17, 15) is 17.2 Å². The molecule has 2 aromatic heterocycles. The van der Waals surface area contributed by atoms with E-state index < -0.39 is 21.8 Å². The fraction of sp³-hybridized carbons (Fsp3) is 0.350. The Hall–Kier alpha value is -3.12. The number of halogens is 2. The summed E-state index contributed by atoms with van der Waals surface area (Å²) in [6.45, 7) is 0.855. The maximum absolute atomic E-state index is 13.4. The van der Waals surface area contributed by atoms with Gasteiger partial charge < -0.3 is 15.2 Å². The SMILES string of the molecule is CS(=O)(=O)OC1CN(c2ncc(-c3cnc(NC4Cc5cc(F)c(F)cc5C4)nc3)[nH]2)C1. The molecule has 0 saturated carbocycles.